The van der Waals surface area contributed by atoms with Gasteiger partial charge in [-0.05, 0) is 38.5 Å². The fourth-order valence-corrected chi connectivity index (χ4v) is 1.11. The average molecular weight is 224 g/mol. The Morgan fingerprint density at radius 2 is 2.12 bits per heavy atom. The topological polar surface area (TPSA) is 52.3 Å². The van der Waals surface area contributed by atoms with Crippen molar-refractivity contribution in [2.24, 2.45) is 5.73 Å². The van der Waals surface area contributed by atoms with Crippen molar-refractivity contribution in [2.75, 3.05) is 0 Å². The van der Waals surface area contributed by atoms with Crippen LogP contribution in [0.15, 0.2) is 18.2 Å². The van der Waals surface area contributed by atoms with E-state index in [1.807, 2.05) is 0 Å². The lowest BCUT2D eigenvalue weighted by molar-refractivity contribution is -0.156. The molecule has 0 aliphatic heterocycles. The van der Waals surface area contributed by atoms with E-state index in [2.05, 4.69) is 6.07 Å². The van der Waals surface area contributed by atoms with Crippen LogP contribution < -0.4 is 5.73 Å². The van der Waals surface area contributed by atoms with Crippen LogP contribution in [0.5, 0.6) is 0 Å². The Morgan fingerprint density at radius 3 is 2.56 bits per heavy atom. The van der Waals surface area contributed by atoms with Crippen molar-refractivity contribution >= 4 is 5.97 Å². The van der Waals surface area contributed by atoms with Crippen LogP contribution in [0.4, 0.5) is 4.39 Å². The standard InChI is InChI=1S/C12H15FNO2/c1-12(2,3)16-11(15)10(14)8-4-6-9(13)7-5-8/h4-6,10H,14H2,1-3H3. The summed E-state index contributed by atoms with van der Waals surface area (Å²) in [5.74, 6) is -1.02. The molecule has 87 valence electrons. The predicted octanol–water partition coefficient (Wildman–Crippen LogP) is 1.97. The van der Waals surface area contributed by atoms with Crippen molar-refractivity contribution in [1.82, 2.24) is 0 Å². The molecule has 0 amide bonds. The largest absolute Gasteiger partial charge is 0.459 e. The second-order valence-corrected chi connectivity index (χ2v) is 4.48. The molecule has 0 aromatic heterocycles. The molecule has 1 atom stereocenters. The molecule has 2 N–H and O–H groups in total. The maximum Gasteiger partial charge on any atom is 0.328 e. The molecule has 16 heavy (non-hydrogen) atoms. The molecule has 1 unspecified atom stereocenters. The Kier molecular flexibility index (Phi) is 3.65. The zero-order chi connectivity index (χ0) is 12.3. The Labute approximate surface area is 94.4 Å². The molecule has 1 aromatic carbocycles. The van der Waals surface area contributed by atoms with Gasteiger partial charge in [0.15, 0.2) is 0 Å². The Hall–Kier alpha value is -1.42. The van der Waals surface area contributed by atoms with Gasteiger partial charge in [-0.15, -0.1) is 0 Å². The quantitative estimate of drug-likeness (QED) is 0.781. The first-order valence-corrected chi connectivity index (χ1v) is 4.95. The van der Waals surface area contributed by atoms with Gasteiger partial charge < -0.3 is 10.5 Å². The van der Waals surface area contributed by atoms with Gasteiger partial charge in [0.1, 0.15) is 17.5 Å². The van der Waals surface area contributed by atoms with Crippen LogP contribution in [-0.4, -0.2) is 11.6 Å². The Morgan fingerprint density at radius 1 is 1.50 bits per heavy atom. The highest BCUT2D eigenvalue weighted by atomic mass is 19.1. The average Bonchev–Trinajstić information content (AvgIpc) is 2.15. The smallest absolute Gasteiger partial charge is 0.328 e. The third-order valence-corrected chi connectivity index (χ3v) is 1.82. The molecule has 0 spiro atoms. The van der Waals surface area contributed by atoms with Crippen molar-refractivity contribution in [3.05, 3.63) is 35.6 Å². The first-order valence-electron chi connectivity index (χ1n) is 4.95. The second-order valence-electron chi connectivity index (χ2n) is 4.48. The number of esters is 1. The zero-order valence-corrected chi connectivity index (χ0v) is 9.58. The number of nitrogens with two attached hydrogens (primary N) is 1. The first kappa shape index (κ1) is 12.6. The maximum atomic E-state index is 12.6. The summed E-state index contributed by atoms with van der Waals surface area (Å²) in [6, 6.07) is 5.44. The van der Waals surface area contributed by atoms with Gasteiger partial charge in [-0.2, -0.15) is 0 Å². The summed E-state index contributed by atoms with van der Waals surface area (Å²) in [5.41, 5.74) is 5.58. The maximum absolute atomic E-state index is 12.6. The molecule has 1 aromatic rings. The fourth-order valence-electron chi connectivity index (χ4n) is 1.11. The van der Waals surface area contributed by atoms with Crippen LogP contribution in [0.25, 0.3) is 0 Å². The summed E-state index contributed by atoms with van der Waals surface area (Å²) in [5, 5.41) is 0. The number of carbonyl (C=O) groups excluding carboxylic acids is 1. The highest BCUT2D eigenvalue weighted by molar-refractivity contribution is 5.77. The van der Waals surface area contributed by atoms with E-state index in [0.717, 1.165) is 0 Å². The fraction of sp³-hybridized carbons (Fsp3) is 0.417. The number of rotatable bonds is 2. The molecule has 0 fully saturated rings. The van der Waals surface area contributed by atoms with Crippen LogP contribution in [0.2, 0.25) is 0 Å². The molecule has 0 aliphatic rings. The SMILES string of the molecule is CC(C)(C)OC(=O)C(N)c1c[c]c(F)cc1. The van der Waals surface area contributed by atoms with E-state index in [9.17, 15) is 9.18 Å². The van der Waals surface area contributed by atoms with Gasteiger partial charge in [0.05, 0.1) is 0 Å². The van der Waals surface area contributed by atoms with Crippen molar-refractivity contribution in [2.45, 2.75) is 32.4 Å². The molecule has 0 saturated carbocycles. The van der Waals surface area contributed by atoms with Crippen LogP contribution in [0.3, 0.4) is 0 Å². The number of hydrogen-bond acceptors (Lipinski definition) is 3. The minimum absolute atomic E-state index is 0.482. The highest BCUT2D eigenvalue weighted by Crippen LogP contribution is 2.16. The summed E-state index contributed by atoms with van der Waals surface area (Å²) in [4.78, 5) is 11.6. The van der Waals surface area contributed by atoms with E-state index in [4.69, 9.17) is 10.5 Å². The summed E-state index contributed by atoms with van der Waals surface area (Å²) < 4.78 is 17.7. The van der Waals surface area contributed by atoms with E-state index in [1.165, 1.54) is 18.2 Å². The first-order chi connectivity index (χ1) is 7.29. The summed E-state index contributed by atoms with van der Waals surface area (Å²) in [6.45, 7) is 5.28. The molecule has 4 heteroatoms. The van der Waals surface area contributed by atoms with Gasteiger partial charge in [0.25, 0.3) is 0 Å². The van der Waals surface area contributed by atoms with Gasteiger partial charge in [0, 0.05) is 6.07 Å². The molecular weight excluding hydrogens is 209 g/mol. The van der Waals surface area contributed by atoms with Crippen molar-refractivity contribution in [3.8, 4) is 0 Å². The Bertz CT molecular complexity index is 368. The molecule has 1 radical (unpaired) electrons. The third-order valence-electron chi connectivity index (χ3n) is 1.82. The van der Waals surface area contributed by atoms with Crippen LogP contribution in [0.1, 0.15) is 32.4 Å². The molecule has 1 rings (SSSR count). The number of carbonyl (C=O) groups is 1. The zero-order valence-electron chi connectivity index (χ0n) is 9.58. The van der Waals surface area contributed by atoms with Gasteiger partial charge in [0.2, 0.25) is 0 Å². The van der Waals surface area contributed by atoms with Crippen molar-refractivity contribution in [3.63, 3.8) is 0 Å². The van der Waals surface area contributed by atoms with Gasteiger partial charge in [-0.25, -0.2) is 9.18 Å². The molecule has 0 saturated heterocycles. The van der Waals surface area contributed by atoms with E-state index in [0.29, 0.717) is 5.56 Å². The minimum atomic E-state index is -0.906. The lowest BCUT2D eigenvalue weighted by atomic mass is 10.1. The highest BCUT2D eigenvalue weighted by Gasteiger charge is 2.23. The van der Waals surface area contributed by atoms with Crippen LogP contribution in [0, 0.1) is 11.9 Å². The summed E-state index contributed by atoms with van der Waals surface area (Å²) >= 11 is 0. The van der Waals surface area contributed by atoms with E-state index in [-0.39, 0.29) is 0 Å². The number of halogens is 1. The lowest BCUT2D eigenvalue weighted by Gasteiger charge is -2.22. The monoisotopic (exact) mass is 224 g/mol. The van der Waals surface area contributed by atoms with Crippen LogP contribution in [-0.2, 0) is 9.53 Å². The van der Waals surface area contributed by atoms with E-state index < -0.39 is 23.4 Å². The van der Waals surface area contributed by atoms with Crippen LogP contribution >= 0.6 is 0 Å². The minimum Gasteiger partial charge on any atom is -0.459 e. The molecule has 0 heterocycles. The van der Waals surface area contributed by atoms with Gasteiger partial charge in [-0.1, -0.05) is 6.07 Å². The molecule has 0 bridgehead atoms. The van der Waals surface area contributed by atoms with Crippen molar-refractivity contribution in [1.29, 1.82) is 0 Å². The normalized spacial score (nSPS) is 13.3. The van der Waals surface area contributed by atoms with E-state index in [1.54, 1.807) is 20.8 Å². The predicted molar refractivity (Wildman–Crippen MR) is 58.0 cm³/mol. The number of ether oxygens (including phenoxy) is 1. The van der Waals surface area contributed by atoms with E-state index >= 15 is 0 Å². The molecule has 0 aliphatic carbocycles. The third kappa shape index (κ3) is 3.62. The number of benzene rings is 1. The summed E-state index contributed by atoms with van der Waals surface area (Å²) in [6.07, 6.45) is 0. The second kappa shape index (κ2) is 4.61. The van der Waals surface area contributed by atoms with Gasteiger partial charge in [-0.3, -0.25) is 0 Å². The van der Waals surface area contributed by atoms with Crippen molar-refractivity contribution < 1.29 is 13.9 Å². The molecular formula is C12H15FNO2. The Balaban J connectivity index is 2.74. The number of hydrogen-bond donors (Lipinski definition) is 1. The summed E-state index contributed by atoms with van der Waals surface area (Å²) in [7, 11) is 0. The lowest BCUT2D eigenvalue weighted by Crippen LogP contribution is -2.31. The van der Waals surface area contributed by atoms with Gasteiger partial charge >= 0.3 is 5.97 Å². The molecule has 3 nitrogen and oxygen atoms in total.